The molecular weight excluding hydrogens is 369 g/mol. The second-order valence-corrected chi connectivity index (χ2v) is 7.43. The molecule has 1 saturated carbocycles. The van der Waals surface area contributed by atoms with Crippen LogP contribution in [0.15, 0.2) is 18.2 Å². The molecule has 0 spiro atoms. The number of amides is 1. The molecule has 1 saturated heterocycles. The molecule has 1 aliphatic carbocycles. The van der Waals surface area contributed by atoms with Crippen LogP contribution >= 0.6 is 24.8 Å². The van der Waals surface area contributed by atoms with Crippen LogP contribution in [0.25, 0.3) is 0 Å². The summed E-state index contributed by atoms with van der Waals surface area (Å²) in [4.78, 5) is 15.3. The SMILES string of the molecule is Cc1ccc(N2CCCC2)c(C(=O)NC(CN)C2CCCCC2)c1.Cl.Cl. The van der Waals surface area contributed by atoms with Crippen molar-refractivity contribution in [3.8, 4) is 0 Å². The zero-order chi connectivity index (χ0) is 16.9. The smallest absolute Gasteiger partial charge is 0.253 e. The number of hydrogen-bond donors (Lipinski definition) is 2. The maximum atomic E-state index is 13.0. The van der Waals surface area contributed by atoms with E-state index in [2.05, 4.69) is 22.3 Å². The van der Waals surface area contributed by atoms with Crippen molar-refractivity contribution in [1.82, 2.24) is 5.32 Å². The molecule has 1 aliphatic heterocycles. The van der Waals surface area contributed by atoms with E-state index in [1.165, 1.54) is 44.9 Å². The van der Waals surface area contributed by atoms with Crippen molar-refractivity contribution in [2.45, 2.75) is 57.9 Å². The fraction of sp³-hybridized carbons (Fsp3) is 0.650. The van der Waals surface area contributed by atoms with Crippen LogP contribution < -0.4 is 16.0 Å². The van der Waals surface area contributed by atoms with Gasteiger partial charge in [-0.2, -0.15) is 0 Å². The molecule has 1 aromatic carbocycles. The van der Waals surface area contributed by atoms with Gasteiger partial charge in [-0.05, 0) is 50.7 Å². The summed E-state index contributed by atoms with van der Waals surface area (Å²) < 4.78 is 0. The molecule has 3 rings (SSSR count). The van der Waals surface area contributed by atoms with Crippen LogP contribution in [0.1, 0.15) is 60.9 Å². The zero-order valence-electron chi connectivity index (χ0n) is 15.7. The second-order valence-electron chi connectivity index (χ2n) is 7.43. The molecule has 26 heavy (non-hydrogen) atoms. The molecule has 148 valence electrons. The van der Waals surface area contributed by atoms with Crippen LogP contribution in [-0.4, -0.2) is 31.6 Å². The van der Waals surface area contributed by atoms with E-state index in [4.69, 9.17) is 5.73 Å². The number of benzene rings is 1. The lowest BCUT2D eigenvalue weighted by molar-refractivity contribution is 0.0916. The fourth-order valence-electron chi connectivity index (χ4n) is 4.22. The third-order valence-electron chi connectivity index (χ3n) is 5.63. The Balaban J connectivity index is 0.00000169. The molecule has 1 unspecified atom stereocenters. The predicted molar refractivity (Wildman–Crippen MR) is 114 cm³/mol. The summed E-state index contributed by atoms with van der Waals surface area (Å²) >= 11 is 0. The summed E-state index contributed by atoms with van der Waals surface area (Å²) in [7, 11) is 0. The summed E-state index contributed by atoms with van der Waals surface area (Å²) in [6.07, 6.45) is 8.65. The molecule has 1 amide bonds. The molecule has 0 bridgehead atoms. The molecular formula is C20H33Cl2N3O. The van der Waals surface area contributed by atoms with Crippen molar-refractivity contribution in [3.63, 3.8) is 0 Å². The highest BCUT2D eigenvalue weighted by atomic mass is 35.5. The average molecular weight is 402 g/mol. The molecule has 2 aliphatic rings. The van der Waals surface area contributed by atoms with Crippen LogP contribution in [0.4, 0.5) is 5.69 Å². The minimum Gasteiger partial charge on any atom is -0.371 e. The molecule has 4 nitrogen and oxygen atoms in total. The number of nitrogens with two attached hydrogens (primary N) is 1. The number of nitrogens with one attached hydrogen (secondary N) is 1. The van der Waals surface area contributed by atoms with E-state index in [-0.39, 0.29) is 36.8 Å². The van der Waals surface area contributed by atoms with Gasteiger partial charge in [-0.1, -0.05) is 30.9 Å². The number of anilines is 1. The van der Waals surface area contributed by atoms with Gasteiger partial charge in [0, 0.05) is 31.4 Å². The standard InChI is InChI=1S/C20H31N3O.2ClH/c1-15-9-10-19(23-11-5-6-12-23)17(13-15)20(24)22-18(14-21)16-7-3-2-4-8-16;;/h9-10,13,16,18H,2-8,11-12,14,21H2,1H3,(H,22,24);2*1H. The van der Waals surface area contributed by atoms with Crippen molar-refractivity contribution in [2.24, 2.45) is 11.7 Å². The van der Waals surface area contributed by atoms with Gasteiger partial charge in [0.05, 0.1) is 5.56 Å². The van der Waals surface area contributed by atoms with Crippen LogP contribution in [0, 0.1) is 12.8 Å². The van der Waals surface area contributed by atoms with Crippen LogP contribution in [0.2, 0.25) is 0 Å². The van der Waals surface area contributed by atoms with Crippen LogP contribution in [0.5, 0.6) is 0 Å². The Bertz CT molecular complexity index is 570. The first-order valence-electron chi connectivity index (χ1n) is 9.55. The number of carbonyl (C=O) groups excluding carboxylic acids is 1. The maximum absolute atomic E-state index is 13.0. The number of carbonyl (C=O) groups is 1. The first kappa shape index (κ1) is 23.1. The molecule has 3 N–H and O–H groups in total. The Kier molecular flexibility index (Phi) is 9.77. The monoisotopic (exact) mass is 401 g/mol. The highest BCUT2D eigenvalue weighted by Crippen LogP contribution is 2.28. The first-order valence-corrected chi connectivity index (χ1v) is 9.55. The molecule has 1 aromatic rings. The van der Waals surface area contributed by atoms with E-state index < -0.39 is 0 Å². The quantitative estimate of drug-likeness (QED) is 0.781. The topological polar surface area (TPSA) is 58.4 Å². The first-order chi connectivity index (χ1) is 11.7. The predicted octanol–water partition coefficient (Wildman–Crippen LogP) is 4.08. The number of hydrogen-bond acceptors (Lipinski definition) is 3. The Morgan fingerprint density at radius 2 is 1.81 bits per heavy atom. The van der Waals surface area contributed by atoms with Crippen LogP contribution in [0.3, 0.4) is 0 Å². The molecule has 0 aromatic heterocycles. The molecule has 6 heteroatoms. The van der Waals surface area contributed by atoms with Gasteiger partial charge in [0.25, 0.3) is 5.91 Å². The highest BCUT2D eigenvalue weighted by Gasteiger charge is 2.26. The van der Waals surface area contributed by atoms with E-state index in [0.717, 1.165) is 29.9 Å². The van der Waals surface area contributed by atoms with E-state index >= 15 is 0 Å². The fourth-order valence-corrected chi connectivity index (χ4v) is 4.22. The van der Waals surface area contributed by atoms with Crippen LogP contribution in [-0.2, 0) is 0 Å². The highest BCUT2D eigenvalue weighted by molar-refractivity contribution is 6.00. The van der Waals surface area contributed by atoms with E-state index in [1.807, 2.05) is 13.0 Å². The summed E-state index contributed by atoms with van der Waals surface area (Å²) in [5, 5.41) is 3.25. The Hall–Kier alpha value is -0.970. The van der Waals surface area contributed by atoms with Gasteiger partial charge in [-0.3, -0.25) is 4.79 Å². The minimum atomic E-state index is 0. The van der Waals surface area contributed by atoms with Gasteiger partial charge in [0.1, 0.15) is 0 Å². The second kappa shape index (κ2) is 11.0. The van der Waals surface area contributed by atoms with Gasteiger partial charge in [0.15, 0.2) is 0 Å². The third kappa shape index (κ3) is 5.51. The molecule has 0 radical (unpaired) electrons. The summed E-state index contributed by atoms with van der Waals surface area (Å²) in [5.41, 5.74) is 9.01. The molecule has 1 atom stereocenters. The minimum absolute atomic E-state index is 0. The summed E-state index contributed by atoms with van der Waals surface area (Å²) in [6.45, 7) is 4.67. The maximum Gasteiger partial charge on any atom is 0.253 e. The largest absolute Gasteiger partial charge is 0.371 e. The lowest BCUT2D eigenvalue weighted by Crippen LogP contribution is -2.46. The van der Waals surface area contributed by atoms with Gasteiger partial charge < -0.3 is 16.0 Å². The molecule has 2 fully saturated rings. The van der Waals surface area contributed by atoms with Gasteiger partial charge in [0.2, 0.25) is 0 Å². The van der Waals surface area contributed by atoms with Crippen molar-refractivity contribution in [3.05, 3.63) is 29.3 Å². The number of nitrogens with zero attached hydrogens (tertiary/aromatic N) is 1. The molecule has 1 heterocycles. The zero-order valence-corrected chi connectivity index (χ0v) is 17.3. The Morgan fingerprint density at radius 1 is 1.15 bits per heavy atom. The normalized spacial score (nSPS) is 18.6. The van der Waals surface area contributed by atoms with Crippen molar-refractivity contribution < 1.29 is 4.79 Å². The third-order valence-corrected chi connectivity index (χ3v) is 5.63. The Labute approximate surface area is 170 Å². The van der Waals surface area contributed by atoms with E-state index in [9.17, 15) is 4.79 Å². The van der Waals surface area contributed by atoms with Crippen molar-refractivity contribution in [1.29, 1.82) is 0 Å². The van der Waals surface area contributed by atoms with E-state index in [0.29, 0.717) is 12.5 Å². The number of aryl methyl sites for hydroxylation is 1. The number of halogens is 2. The lowest BCUT2D eigenvalue weighted by atomic mass is 9.83. The van der Waals surface area contributed by atoms with Gasteiger partial charge in [-0.25, -0.2) is 0 Å². The van der Waals surface area contributed by atoms with Gasteiger partial charge >= 0.3 is 0 Å². The summed E-state index contributed by atoms with van der Waals surface area (Å²) in [5.74, 6) is 0.578. The Morgan fingerprint density at radius 3 is 2.42 bits per heavy atom. The average Bonchev–Trinajstić information content (AvgIpc) is 3.14. The number of rotatable bonds is 5. The van der Waals surface area contributed by atoms with Gasteiger partial charge in [-0.15, -0.1) is 24.8 Å². The summed E-state index contributed by atoms with van der Waals surface area (Å²) in [6, 6.07) is 6.33. The van der Waals surface area contributed by atoms with Crippen molar-refractivity contribution >= 4 is 36.4 Å². The van der Waals surface area contributed by atoms with E-state index in [1.54, 1.807) is 0 Å². The van der Waals surface area contributed by atoms with Crippen molar-refractivity contribution in [2.75, 3.05) is 24.5 Å². The lowest BCUT2D eigenvalue weighted by Gasteiger charge is -2.30.